The molecule has 1 fully saturated rings. The van der Waals surface area contributed by atoms with Crippen molar-refractivity contribution >= 4 is 15.7 Å². The third-order valence-electron chi connectivity index (χ3n) is 3.67. The number of likely N-dealkylation sites (tertiary alicyclic amines) is 1. The Morgan fingerprint density at radius 3 is 2.80 bits per heavy atom. The third-order valence-corrected chi connectivity index (χ3v) is 5.07. The van der Waals surface area contributed by atoms with Crippen LogP contribution >= 0.6 is 0 Å². The Bertz CT molecular complexity index is 552. The van der Waals surface area contributed by atoms with Crippen LogP contribution in [0.2, 0.25) is 0 Å². The largest absolute Gasteiger partial charge is 0.399 e. The summed E-state index contributed by atoms with van der Waals surface area (Å²) in [5.41, 5.74) is 7.04. The Morgan fingerprint density at radius 2 is 2.15 bits per heavy atom. The van der Waals surface area contributed by atoms with Crippen LogP contribution in [0.25, 0.3) is 0 Å². The van der Waals surface area contributed by atoms with Crippen molar-refractivity contribution in [3.63, 3.8) is 0 Å². The van der Waals surface area contributed by atoms with Gasteiger partial charge in [-0.05, 0) is 63.0 Å². The maximum atomic E-state index is 12.3. The highest BCUT2D eigenvalue weighted by Gasteiger charge is 2.21. The van der Waals surface area contributed by atoms with Crippen LogP contribution in [0.15, 0.2) is 23.1 Å². The number of nitrogens with zero attached hydrogens (tertiary/aromatic N) is 1. The second-order valence-corrected chi connectivity index (χ2v) is 7.47. The van der Waals surface area contributed by atoms with Gasteiger partial charge in [-0.1, -0.05) is 0 Å². The fraction of sp³-hybridized carbons (Fsp3) is 0.571. The summed E-state index contributed by atoms with van der Waals surface area (Å²) in [4.78, 5) is 2.49. The van der Waals surface area contributed by atoms with E-state index in [0.717, 1.165) is 31.5 Å². The van der Waals surface area contributed by atoms with Crippen molar-refractivity contribution in [2.75, 3.05) is 32.4 Å². The van der Waals surface area contributed by atoms with E-state index in [1.807, 2.05) is 6.92 Å². The summed E-state index contributed by atoms with van der Waals surface area (Å²) < 4.78 is 27.3. The van der Waals surface area contributed by atoms with Crippen molar-refractivity contribution in [1.82, 2.24) is 9.62 Å². The lowest BCUT2D eigenvalue weighted by Gasteiger charge is -2.29. The molecule has 0 saturated carbocycles. The van der Waals surface area contributed by atoms with Crippen LogP contribution in [0.3, 0.4) is 0 Å². The summed E-state index contributed by atoms with van der Waals surface area (Å²) in [5, 5.41) is 0. The Balaban J connectivity index is 2.03. The molecule has 1 aromatic rings. The van der Waals surface area contributed by atoms with E-state index in [4.69, 9.17) is 5.73 Å². The Kier molecular flexibility index (Phi) is 4.67. The SMILES string of the molecule is Cc1cc(N)cc(S(=O)(=O)NCC2CCCN(C)C2)c1. The van der Waals surface area contributed by atoms with Crippen molar-refractivity contribution < 1.29 is 8.42 Å². The first-order valence-corrected chi connectivity index (χ1v) is 8.40. The molecule has 1 atom stereocenters. The molecule has 0 bridgehead atoms. The quantitative estimate of drug-likeness (QED) is 0.819. The second-order valence-electron chi connectivity index (χ2n) is 5.70. The van der Waals surface area contributed by atoms with E-state index >= 15 is 0 Å². The van der Waals surface area contributed by atoms with Gasteiger partial charge >= 0.3 is 0 Å². The standard InChI is InChI=1S/C14H23N3O2S/c1-11-6-13(15)8-14(7-11)20(18,19)16-9-12-4-3-5-17(2)10-12/h6-8,12,16H,3-5,9-10,15H2,1-2H3. The fourth-order valence-electron chi connectivity index (χ4n) is 2.68. The van der Waals surface area contributed by atoms with Crippen LogP contribution in [-0.4, -0.2) is 40.0 Å². The lowest BCUT2D eigenvalue weighted by molar-refractivity contribution is 0.211. The van der Waals surface area contributed by atoms with Gasteiger partial charge in [-0.3, -0.25) is 0 Å². The first-order valence-electron chi connectivity index (χ1n) is 6.92. The Hall–Kier alpha value is -1.11. The van der Waals surface area contributed by atoms with Gasteiger partial charge in [0, 0.05) is 18.8 Å². The molecule has 0 aliphatic carbocycles. The molecule has 6 heteroatoms. The number of benzene rings is 1. The summed E-state index contributed by atoms with van der Waals surface area (Å²) in [6.07, 6.45) is 2.20. The molecule has 20 heavy (non-hydrogen) atoms. The number of hydrogen-bond donors (Lipinski definition) is 2. The van der Waals surface area contributed by atoms with Crippen LogP contribution in [0.5, 0.6) is 0 Å². The van der Waals surface area contributed by atoms with Gasteiger partial charge in [-0.2, -0.15) is 0 Å². The zero-order valence-corrected chi connectivity index (χ0v) is 12.9. The van der Waals surface area contributed by atoms with Crippen LogP contribution in [0.1, 0.15) is 18.4 Å². The van der Waals surface area contributed by atoms with Crippen LogP contribution < -0.4 is 10.5 Å². The first kappa shape index (κ1) is 15.3. The van der Waals surface area contributed by atoms with E-state index in [9.17, 15) is 8.42 Å². The highest BCUT2D eigenvalue weighted by atomic mass is 32.2. The maximum Gasteiger partial charge on any atom is 0.240 e. The fourth-order valence-corrected chi connectivity index (χ4v) is 3.94. The number of aryl methyl sites for hydroxylation is 1. The molecule has 112 valence electrons. The summed E-state index contributed by atoms with van der Waals surface area (Å²) in [5.74, 6) is 0.380. The maximum absolute atomic E-state index is 12.3. The van der Waals surface area contributed by atoms with Gasteiger partial charge < -0.3 is 10.6 Å². The van der Waals surface area contributed by atoms with Gasteiger partial charge in [-0.25, -0.2) is 13.1 Å². The van der Waals surface area contributed by atoms with E-state index in [-0.39, 0.29) is 4.90 Å². The number of sulfonamides is 1. The Morgan fingerprint density at radius 1 is 1.40 bits per heavy atom. The molecule has 1 heterocycles. The normalized spacial score (nSPS) is 21.0. The van der Waals surface area contributed by atoms with E-state index in [1.54, 1.807) is 12.1 Å². The summed E-state index contributed by atoms with van der Waals surface area (Å²) >= 11 is 0. The minimum Gasteiger partial charge on any atom is -0.399 e. The molecule has 0 aromatic heterocycles. The van der Waals surface area contributed by atoms with Crippen molar-refractivity contribution in [3.05, 3.63) is 23.8 Å². The zero-order valence-electron chi connectivity index (χ0n) is 12.1. The first-order chi connectivity index (χ1) is 9.37. The van der Waals surface area contributed by atoms with Crippen molar-refractivity contribution in [2.24, 2.45) is 5.92 Å². The highest BCUT2D eigenvalue weighted by molar-refractivity contribution is 7.89. The lowest BCUT2D eigenvalue weighted by Crippen LogP contribution is -2.39. The average molecular weight is 297 g/mol. The molecule has 2 rings (SSSR count). The van der Waals surface area contributed by atoms with Crippen LogP contribution in [-0.2, 0) is 10.0 Å². The molecule has 1 aliphatic heterocycles. The van der Waals surface area contributed by atoms with E-state index < -0.39 is 10.0 Å². The van der Waals surface area contributed by atoms with Crippen molar-refractivity contribution in [1.29, 1.82) is 0 Å². The topological polar surface area (TPSA) is 75.4 Å². The molecule has 1 aliphatic rings. The van der Waals surface area contributed by atoms with Crippen LogP contribution in [0.4, 0.5) is 5.69 Å². The molecule has 1 unspecified atom stereocenters. The number of rotatable bonds is 4. The van der Waals surface area contributed by atoms with Gasteiger partial charge in [0.05, 0.1) is 4.90 Å². The van der Waals surface area contributed by atoms with Gasteiger partial charge in [-0.15, -0.1) is 0 Å². The minimum absolute atomic E-state index is 0.249. The van der Waals surface area contributed by atoms with E-state index in [0.29, 0.717) is 18.2 Å². The number of hydrogen-bond acceptors (Lipinski definition) is 4. The number of nitrogens with two attached hydrogens (primary N) is 1. The van der Waals surface area contributed by atoms with Crippen LogP contribution in [0, 0.1) is 12.8 Å². The Labute approximate surface area is 121 Å². The van der Waals surface area contributed by atoms with E-state index in [2.05, 4.69) is 16.7 Å². The molecule has 3 N–H and O–H groups in total. The van der Waals surface area contributed by atoms with Crippen molar-refractivity contribution in [2.45, 2.75) is 24.7 Å². The number of nitrogens with one attached hydrogen (secondary N) is 1. The van der Waals surface area contributed by atoms with Crippen molar-refractivity contribution in [3.8, 4) is 0 Å². The molecular formula is C14H23N3O2S. The second kappa shape index (κ2) is 6.11. The van der Waals surface area contributed by atoms with Gasteiger partial charge in [0.15, 0.2) is 0 Å². The molecule has 0 spiro atoms. The summed E-state index contributed by atoms with van der Waals surface area (Å²) in [6, 6.07) is 4.91. The summed E-state index contributed by atoms with van der Waals surface area (Å²) in [7, 11) is -1.40. The molecular weight excluding hydrogens is 274 g/mol. The molecule has 1 aromatic carbocycles. The highest BCUT2D eigenvalue weighted by Crippen LogP contribution is 2.18. The molecule has 0 radical (unpaired) electrons. The van der Waals surface area contributed by atoms with Gasteiger partial charge in [0.25, 0.3) is 0 Å². The molecule has 0 amide bonds. The number of anilines is 1. The monoisotopic (exact) mass is 297 g/mol. The third kappa shape index (κ3) is 3.94. The predicted molar refractivity (Wildman–Crippen MR) is 81.0 cm³/mol. The predicted octanol–water partition coefficient (Wildman–Crippen LogP) is 1.20. The minimum atomic E-state index is -3.47. The zero-order chi connectivity index (χ0) is 14.8. The lowest BCUT2D eigenvalue weighted by atomic mass is 9.99. The van der Waals surface area contributed by atoms with E-state index in [1.165, 1.54) is 6.07 Å². The molecule has 5 nitrogen and oxygen atoms in total. The number of piperidine rings is 1. The number of nitrogen functional groups attached to an aromatic ring is 1. The average Bonchev–Trinajstić information content (AvgIpc) is 2.35. The summed E-state index contributed by atoms with van der Waals surface area (Å²) in [6.45, 7) is 4.36. The van der Waals surface area contributed by atoms with Gasteiger partial charge in [0.2, 0.25) is 10.0 Å². The molecule has 1 saturated heterocycles. The van der Waals surface area contributed by atoms with Gasteiger partial charge in [0.1, 0.15) is 0 Å². The smallest absolute Gasteiger partial charge is 0.240 e.